The molecule has 0 saturated heterocycles. The Morgan fingerprint density at radius 3 is 2.11 bits per heavy atom. The van der Waals surface area contributed by atoms with Crippen LogP contribution in [0.1, 0.15) is 20.8 Å². The van der Waals surface area contributed by atoms with Crippen LogP contribution < -0.4 is 0 Å². The van der Waals surface area contributed by atoms with E-state index in [0.717, 1.165) is 0 Å². The molecule has 0 aromatic heterocycles. The van der Waals surface area contributed by atoms with E-state index in [9.17, 15) is 4.79 Å². The molecule has 0 aliphatic heterocycles. The van der Waals surface area contributed by atoms with Crippen molar-refractivity contribution in [3.8, 4) is 0 Å². The standard InChI is InChI=1S/C6H11O2.Y/c1-4-8-6(7)5(2)3;/h4H2,1-3H3;/q-1;. The quantitative estimate of drug-likeness (QED) is 0.498. The van der Waals surface area contributed by atoms with Gasteiger partial charge < -0.3 is 4.74 Å². The summed E-state index contributed by atoms with van der Waals surface area (Å²) in [6, 6.07) is 0. The molecule has 0 spiro atoms. The Bertz CT molecular complexity index is 81.1. The zero-order valence-corrected chi connectivity index (χ0v) is 8.94. The molecule has 0 aliphatic rings. The Hall–Kier alpha value is 0.444. The van der Waals surface area contributed by atoms with Gasteiger partial charge >= 0.3 is 0 Å². The van der Waals surface area contributed by atoms with Crippen molar-refractivity contribution in [3.63, 3.8) is 0 Å². The smallest absolute Gasteiger partial charge is 0.169 e. The topological polar surface area (TPSA) is 26.3 Å². The predicted octanol–water partition coefficient (Wildman–Crippen LogP) is 1.16. The first-order valence-electron chi connectivity index (χ1n) is 2.65. The number of hydrogen-bond donors (Lipinski definition) is 0. The van der Waals surface area contributed by atoms with Crippen molar-refractivity contribution in [2.75, 3.05) is 6.61 Å². The van der Waals surface area contributed by atoms with Crippen LogP contribution in [0.15, 0.2) is 0 Å². The molecule has 0 unspecified atom stereocenters. The molecule has 0 aliphatic carbocycles. The molecule has 0 heterocycles. The SMILES string of the molecule is CCOC(=O)[C-](C)C.[Y]. The van der Waals surface area contributed by atoms with Gasteiger partial charge in [-0.1, -0.05) is 0 Å². The third-order valence-corrected chi connectivity index (χ3v) is 0.684. The van der Waals surface area contributed by atoms with Crippen LogP contribution in [0.4, 0.5) is 0 Å². The summed E-state index contributed by atoms with van der Waals surface area (Å²) in [7, 11) is 0. The molecular formula is C6H11O2Y-. The minimum atomic E-state index is -0.201. The molecule has 0 rings (SSSR count). The van der Waals surface area contributed by atoms with Gasteiger partial charge in [0.2, 0.25) is 0 Å². The first-order valence-corrected chi connectivity index (χ1v) is 2.65. The van der Waals surface area contributed by atoms with Crippen molar-refractivity contribution in [1.29, 1.82) is 0 Å². The van der Waals surface area contributed by atoms with Gasteiger partial charge in [-0.25, -0.2) is 0 Å². The molecular weight excluding hydrogens is 193 g/mol. The predicted molar refractivity (Wildman–Crippen MR) is 31.2 cm³/mol. The summed E-state index contributed by atoms with van der Waals surface area (Å²) in [6.07, 6.45) is 0. The van der Waals surface area contributed by atoms with E-state index >= 15 is 0 Å². The van der Waals surface area contributed by atoms with E-state index in [1.54, 1.807) is 20.8 Å². The Labute approximate surface area is 81.2 Å². The summed E-state index contributed by atoms with van der Waals surface area (Å²) in [5.74, 6) is 0.499. The first kappa shape index (κ1) is 12.2. The van der Waals surface area contributed by atoms with E-state index < -0.39 is 0 Å². The number of carbonyl (C=O) groups is 1. The van der Waals surface area contributed by atoms with Crippen LogP contribution in [-0.2, 0) is 42.2 Å². The van der Waals surface area contributed by atoms with Crippen molar-refractivity contribution in [2.24, 2.45) is 0 Å². The first-order chi connectivity index (χ1) is 3.68. The van der Waals surface area contributed by atoms with Crippen molar-refractivity contribution in [3.05, 3.63) is 5.92 Å². The zero-order valence-electron chi connectivity index (χ0n) is 6.10. The Kier molecular flexibility index (Phi) is 8.86. The fourth-order valence-corrected chi connectivity index (χ4v) is 0.275. The van der Waals surface area contributed by atoms with E-state index in [-0.39, 0.29) is 38.7 Å². The minimum absolute atomic E-state index is 0. The van der Waals surface area contributed by atoms with Crippen LogP contribution in [0.2, 0.25) is 0 Å². The number of ether oxygens (including phenoxy) is 1. The maximum atomic E-state index is 10.5. The number of esters is 1. The minimum Gasteiger partial charge on any atom is -0.488 e. The van der Waals surface area contributed by atoms with E-state index in [1.807, 2.05) is 0 Å². The molecule has 1 radical (unpaired) electrons. The normalized spacial score (nSPS) is 7.44. The summed E-state index contributed by atoms with van der Waals surface area (Å²) in [5.41, 5.74) is 0. The molecule has 0 saturated carbocycles. The maximum Gasteiger partial charge on any atom is 0.169 e. The molecule has 0 N–H and O–H groups in total. The maximum absolute atomic E-state index is 10.5. The van der Waals surface area contributed by atoms with Crippen molar-refractivity contribution >= 4 is 5.97 Å². The fourth-order valence-electron chi connectivity index (χ4n) is 0.275. The summed E-state index contributed by atoms with van der Waals surface area (Å²) >= 11 is 0. The average molecular weight is 204 g/mol. The van der Waals surface area contributed by atoms with Gasteiger partial charge in [-0.2, -0.15) is 13.8 Å². The number of rotatable bonds is 2. The van der Waals surface area contributed by atoms with Gasteiger partial charge in [0, 0.05) is 32.7 Å². The van der Waals surface area contributed by atoms with Gasteiger partial charge in [0.1, 0.15) is 0 Å². The molecule has 0 amide bonds. The molecule has 0 fully saturated rings. The molecule has 0 aromatic rings. The van der Waals surface area contributed by atoms with Crippen molar-refractivity contribution in [1.82, 2.24) is 0 Å². The fraction of sp³-hybridized carbons (Fsp3) is 0.667. The average Bonchev–Trinajstić information content (AvgIpc) is 1.67. The van der Waals surface area contributed by atoms with Crippen LogP contribution in [-0.4, -0.2) is 12.6 Å². The summed E-state index contributed by atoms with van der Waals surface area (Å²) in [6.45, 7) is 5.72. The van der Waals surface area contributed by atoms with Crippen LogP contribution in [0, 0.1) is 5.92 Å². The van der Waals surface area contributed by atoms with E-state index in [1.165, 1.54) is 0 Å². The van der Waals surface area contributed by atoms with Crippen LogP contribution in [0.5, 0.6) is 0 Å². The molecule has 0 aromatic carbocycles. The molecule has 0 atom stereocenters. The van der Waals surface area contributed by atoms with Gasteiger partial charge in [0.05, 0.1) is 6.61 Å². The molecule has 0 bridgehead atoms. The molecule has 3 heteroatoms. The number of carbonyl (C=O) groups excluding carboxylic acids is 1. The summed E-state index contributed by atoms with van der Waals surface area (Å²) < 4.78 is 4.63. The Balaban J connectivity index is 0. The zero-order chi connectivity index (χ0) is 6.57. The summed E-state index contributed by atoms with van der Waals surface area (Å²) in [5, 5.41) is 0. The van der Waals surface area contributed by atoms with Gasteiger partial charge in [0.15, 0.2) is 5.97 Å². The van der Waals surface area contributed by atoms with Crippen molar-refractivity contribution < 1.29 is 42.2 Å². The Morgan fingerprint density at radius 1 is 1.56 bits per heavy atom. The summed E-state index contributed by atoms with van der Waals surface area (Å²) in [4.78, 5) is 10.5. The Morgan fingerprint density at radius 2 is 2.00 bits per heavy atom. The van der Waals surface area contributed by atoms with Gasteiger partial charge in [0.25, 0.3) is 0 Å². The largest absolute Gasteiger partial charge is 0.488 e. The van der Waals surface area contributed by atoms with Gasteiger partial charge in [-0.05, 0) is 6.92 Å². The van der Waals surface area contributed by atoms with Crippen LogP contribution in [0.3, 0.4) is 0 Å². The van der Waals surface area contributed by atoms with Crippen LogP contribution >= 0.6 is 0 Å². The molecule has 9 heavy (non-hydrogen) atoms. The second-order valence-corrected chi connectivity index (χ2v) is 1.72. The number of hydrogen-bond acceptors (Lipinski definition) is 2. The van der Waals surface area contributed by atoms with E-state index in [2.05, 4.69) is 4.74 Å². The van der Waals surface area contributed by atoms with E-state index in [4.69, 9.17) is 0 Å². The van der Waals surface area contributed by atoms with Gasteiger partial charge in [-0.3, -0.25) is 10.7 Å². The van der Waals surface area contributed by atoms with Gasteiger partial charge in [-0.15, -0.1) is 0 Å². The third kappa shape index (κ3) is 6.33. The monoisotopic (exact) mass is 204 g/mol. The second-order valence-electron chi connectivity index (χ2n) is 1.72. The molecule has 51 valence electrons. The van der Waals surface area contributed by atoms with Crippen LogP contribution in [0.25, 0.3) is 0 Å². The van der Waals surface area contributed by atoms with E-state index in [0.29, 0.717) is 12.5 Å². The third-order valence-electron chi connectivity index (χ3n) is 0.684. The van der Waals surface area contributed by atoms with Crippen molar-refractivity contribution in [2.45, 2.75) is 20.8 Å². The second kappa shape index (κ2) is 6.56. The molecule has 2 nitrogen and oxygen atoms in total.